The summed E-state index contributed by atoms with van der Waals surface area (Å²) < 4.78 is 5.14. The summed E-state index contributed by atoms with van der Waals surface area (Å²) in [6, 6.07) is 34.2. The van der Waals surface area contributed by atoms with Crippen molar-refractivity contribution in [2.24, 2.45) is 10.7 Å². The first-order valence-electron chi connectivity index (χ1n) is 12.2. The average Bonchev–Trinajstić information content (AvgIpc) is 3.20. The molecule has 184 valence electrons. The quantitative estimate of drug-likeness (QED) is 0.365. The number of rotatable bonds is 7. The third kappa shape index (κ3) is 4.49. The number of nitrogens with two attached hydrogens (primary N) is 1. The van der Waals surface area contributed by atoms with Crippen LogP contribution in [0.5, 0.6) is 0 Å². The summed E-state index contributed by atoms with van der Waals surface area (Å²) in [6.07, 6.45) is 0. The Hall–Kier alpha value is -4.71. The van der Waals surface area contributed by atoms with Gasteiger partial charge in [0, 0.05) is 0 Å². The molecule has 2 N–H and O–H groups in total. The predicted molar refractivity (Wildman–Crippen MR) is 144 cm³/mol. The maximum atomic E-state index is 14.1. The van der Waals surface area contributed by atoms with Gasteiger partial charge in [-0.3, -0.25) is 9.69 Å². The Bertz CT molecular complexity index is 1430. The van der Waals surface area contributed by atoms with E-state index in [-0.39, 0.29) is 24.4 Å². The number of hydrogen-bond donors (Lipinski definition) is 1. The lowest BCUT2D eigenvalue weighted by molar-refractivity contribution is -0.130. The summed E-state index contributed by atoms with van der Waals surface area (Å²) in [4.78, 5) is 32.6. The number of carbonyl (C=O) groups excluding carboxylic acids is 2. The Balaban J connectivity index is 1.47. The van der Waals surface area contributed by atoms with Crippen molar-refractivity contribution in [3.63, 3.8) is 0 Å². The molecule has 0 spiro atoms. The molecule has 4 aromatic rings. The molecule has 0 bridgehead atoms. The van der Waals surface area contributed by atoms with E-state index >= 15 is 0 Å². The molecule has 0 aromatic heterocycles. The van der Waals surface area contributed by atoms with Crippen molar-refractivity contribution >= 4 is 17.8 Å². The Labute approximate surface area is 216 Å². The van der Waals surface area contributed by atoms with E-state index in [9.17, 15) is 9.59 Å². The molecule has 1 amide bonds. The van der Waals surface area contributed by atoms with Gasteiger partial charge in [-0.2, -0.15) is 0 Å². The maximum absolute atomic E-state index is 14.1. The van der Waals surface area contributed by atoms with E-state index in [1.54, 1.807) is 13.0 Å². The number of esters is 1. The number of nitrogens with zero attached hydrogens (tertiary/aromatic N) is 2. The fraction of sp³-hybridized carbons (Fsp3) is 0.129. The van der Waals surface area contributed by atoms with E-state index in [4.69, 9.17) is 15.5 Å². The van der Waals surface area contributed by atoms with E-state index in [0.717, 1.165) is 27.8 Å². The Morgan fingerprint density at radius 1 is 0.838 bits per heavy atom. The third-order valence-corrected chi connectivity index (χ3v) is 6.47. The number of ether oxygens (including phenoxy) is 1. The first-order valence-corrected chi connectivity index (χ1v) is 12.2. The van der Waals surface area contributed by atoms with Gasteiger partial charge in [0.2, 0.25) is 0 Å². The molecule has 0 atom stereocenters. The molecule has 0 saturated heterocycles. The van der Waals surface area contributed by atoms with Crippen LogP contribution in [0, 0.1) is 0 Å². The van der Waals surface area contributed by atoms with Crippen molar-refractivity contribution in [3.8, 4) is 11.1 Å². The largest absolute Gasteiger partial charge is 0.462 e. The van der Waals surface area contributed by atoms with Crippen LogP contribution < -0.4 is 5.73 Å². The molecule has 1 aliphatic rings. The number of benzene rings is 4. The molecule has 0 fully saturated rings. The topological polar surface area (TPSA) is 85.0 Å². The molecule has 0 radical (unpaired) electrons. The second-order valence-electron chi connectivity index (χ2n) is 8.81. The van der Waals surface area contributed by atoms with Crippen LogP contribution >= 0.6 is 0 Å². The SMILES string of the molecule is CCOC(=O)c1cccc(-c2cccc(CN3C(=O)C(c4ccccc4)(c4ccccc4)N=C3N)c2)c1. The Morgan fingerprint density at radius 3 is 2.05 bits per heavy atom. The van der Waals surface area contributed by atoms with Gasteiger partial charge in [-0.1, -0.05) is 91.0 Å². The first kappa shape index (κ1) is 24.0. The van der Waals surface area contributed by atoms with Crippen LogP contribution in [0.4, 0.5) is 0 Å². The monoisotopic (exact) mass is 489 g/mol. The third-order valence-electron chi connectivity index (χ3n) is 6.47. The second kappa shape index (κ2) is 10.1. The lowest BCUT2D eigenvalue weighted by atomic mass is 9.83. The zero-order valence-corrected chi connectivity index (χ0v) is 20.5. The molecule has 6 heteroatoms. The molecular weight excluding hydrogens is 462 g/mol. The van der Waals surface area contributed by atoms with Gasteiger partial charge in [-0.15, -0.1) is 0 Å². The summed E-state index contributed by atoms with van der Waals surface area (Å²) in [5, 5.41) is 0. The van der Waals surface area contributed by atoms with Gasteiger partial charge in [0.15, 0.2) is 11.5 Å². The van der Waals surface area contributed by atoms with Crippen LogP contribution in [0.2, 0.25) is 0 Å². The highest BCUT2D eigenvalue weighted by molar-refractivity contribution is 6.09. The van der Waals surface area contributed by atoms with Crippen LogP contribution in [0.25, 0.3) is 11.1 Å². The fourth-order valence-electron chi connectivity index (χ4n) is 4.71. The number of guanidine groups is 1. The summed E-state index contributed by atoms with van der Waals surface area (Å²) >= 11 is 0. The Morgan fingerprint density at radius 2 is 1.43 bits per heavy atom. The molecule has 37 heavy (non-hydrogen) atoms. The van der Waals surface area contributed by atoms with Crippen molar-refractivity contribution in [1.82, 2.24) is 4.90 Å². The van der Waals surface area contributed by atoms with E-state index in [1.807, 2.05) is 103 Å². The summed E-state index contributed by atoms with van der Waals surface area (Å²) in [5.41, 5.74) is 9.88. The Kier molecular flexibility index (Phi) is 6.56. The minimum Gasteiger partial charge on any atom is -0.462 e. The average molecular weight is 490 g/mol. The van der Waals surface area contributed by atoms with E-state index in [0.29, 0.717) is 12.2 Å². The smallest absolute Gasteiger partial charge is 0.338 e. The number of carbonyl (C=O) groups is 2. The van der Waals surface area contributed by atoms with Gasteiger partial charge in [0.25, 0.3) is 5.91 Å². The molecule has 0 aliphatic carbocycles. The van der Waals surface area contributed by atoms with E-state index < -0.39 is 5.54 Å². The maximum Gasteiger partial charge on any atom is 0.338 e. The van der Waals surface area contributed by atoms with Crippen molar-refractivity contribution in [3.05, 3.63) is 131 Å². The zero-order chi connectivity index (χ0) is 25.8. The molecule has 5 rings (SSSR count). The van der Waals surface area contributed by atoms with Crippen LogP contribution in [-0.4, -0.2) is 29.3 Å². The van der Waals surface area contributed by atoms with Crippen LogP contribution in [0.1, 0.15) is 34.0 Å². The number of hydrogen-bond acceptors (Lipinski definition) is 5. The zero-order valence-electron chi connectivity index (χ0n) is 20.5. The number of aliphatic imine (C=N–C) groups is 1. The van der Waals surface area contributed by atoms with Gasteiger partial charge in [-0.05, 0) is 52.9 Å². The molecule has 1 heterocycles. The predicted octanol–water partition coefficient (Wildman–Crippen LogP) is 5.13. The van der Waals surface area contributed by atoms with Crippen LogP contribution in [-0.2, 0) is 21.6 Å². The summed E-state index contributed by atoms with van der Waals surface area (Å²) in [6.45, 7) is 2.37. The van der Waals surface area contributed by atoms with Gasteiger partial charge in [0.05, 0.1) is 18.7 Å². The van der Waals surface area contributed by atoms with Crippen molar-refractivity contribution < 1.29 is 14.3 Å². The first-order chi connectivity index (χ1) is 18.0. The van der Waals surface area contributed by atoms with Gasteiger partial charge < -0.3 is 10.5 Å². The molecule has 4 aromatic carbocycles. The van der Waals surface area contributed by atoms with Crippen LogP contribution in [0.15, 0.2) is 114 Å². The summed E-state index contributed by atoms with van der Waals surface area (Å²) in [5.74, 6) is -0.380. The molecule has 0 unspecified atom stereocenters. The minimum atomic E-state index is -1.24. The highest BCUT2D eigenvalue weighted by atomic mass is 16.5. The molecule has 6 nitrogen and oxygen atoms in total. The normalized spacial score (nSPS) is 14.4. The lowest BCUT2D eigenvalue weighted by Crippen LogP contribution is -2.43. The van der Waals surface area contributed by atoms with E-state index in [1.165, 1.54) is 4.90 Å². The molecular formula is C31H27N3O3. The van der Waals surface area contributed by atoms with Gasteiger partial charge in [-0.25, -0.2) is 9.79 Å². The van der Waals surface area contributed by atoms with Crippen LogP contribution in [0.3, 0.4) is 0 Å². The van der Waals surface area contributed by atoms with Crippen molar-refractivity contribution in [2.45, 2.75) is 19.0 Å². The minimum absolute atomic E-state index is 0.174. The highest BCUT2D eigenvalue weighted by Crippen LogP contribution is 2.40. The fourth-order valence-corrected chi connectivity index (χ4v) is 4.71. The van der Waals surface area contributed by atoms with Gasteiger partial charge >= 0.3 is 5.97 Å². The highest BCUT2D eigenvalue weighted by Gasteiger charge is 2.50. The van der Waals surface area contributed by atoms with E-state index in [2.05, 4.69) is 0 Å². The lowest BCUT2D eigenvalue weighted by Gasteiger charge is -2.27. The standard InChI is InChI=1S/C31H27N3O3/c1-2-37-28(35)25-14-10-13-24(20-25)23-12-9-11-22(19-23)21-34-29(36)31(33-30(34)32,26-15-5-3-6-16-26)27-17-7-4-8-18-27/h3-20H,2,21H2,1H3,(H2,32,33). The number of amides is 1. The molecule has 1 aliphatic heterocycles. The van der Waals surface area contributed by atoms with Crippen molar-refractivity contribution in [1.29, 1.82) is 0 Å². The second-order valence-corrected chi connectivity index (χ2v) is 8.81. The van der Waals surface area contributed by atoms with Gasteiger partial charge in [0.1, 0.15) is 0 Å². The van der Waals surface area contributed by atoms with Crippen molar-refractivity contribution in [2.75, 3.05) is 6.61 Å². The molecule has 0 saturated carbocycles. The summed E-state index contributed by atoms with van der Waals surface area (Å²) in [7, 11) is 0.